The second-order valence-electron chi connectivity index (χ2n) is 5.75. The largest absolute Gasteiger partial charge is 0.390 e. The van der Waals surface area contributed by atoms with E-state index < -0.39 is 11.7 Å². The summed E-state index contributed by atoms with van der Waals surface area (Å²) in [6.45, 7) is 8.17. The van der Waals surface area contributed by atoms with Gasteiger partial charge in [-0.2, -0.15) is 0 Å². The van der Waals surface area contributed by atoms with Crippen LogP contribution in [0.15, 0.2) is 18.2 Å². The van der Waals surface area contributed by atoms with Gasteiger partial charge in [0.05, 0.1) is 11.7 Å². The highest BCUT2D eigenvalue weighted by Gasteiger charge is 2.40. The third kappa shape index (κ3) is 3.40. The lowest BCUT2D eigenvalue weighted by molar-refractivity contribution is -0.165. The van der Waals surface area contributed by atoms with Gasteiger partial charge in [-0.25, -0.2) is 0 Å². The molecule has 0 saturated carbocycles. The minimum Gasteiger partial charge on any atom is -0.390 e. The molecular weight excluding hydrogens is 252 g/mol. The van der Waals surface area contributed by atoms with Crippen LogP contribution in [0, 0.1) is 13.8 Å². The van der Waals surface area contributed by atoms with Crippen molar-refractivity contribution in [2.75, 3.05) is 19.8 Å². The van der Waals surface area contributed by atoms with Gasteiger partial charge in [0.15, 0.2) is 0 Å². The van der Waals surface area contributed by atoms with Crippen LogP contribution in [0.4, 0.5) is 0 Å². The van der Waals surface area contributed by atoms with Crippen LogP contribution in [-0.4, -0.2) is 36.6 Å². The van der Waals surface area contributed by atoms with E-state index >= 15 is 0 Å². The molecule has 112 valence electrons. The fraction of sp³-hybridized carbons (Fsp3) is 0.647. The van der Waals surface area contributed by atoms with Gasteiger partial charge in [0.25, 0.3) is 0 Å². The van der Waals surface area contributed by atoms with Gasteiger partial charge in [-0.3, -0.25) is 0 Å². The van der Waals surface area contributed by atoms with Crippen molar-refractivity contribution in [3.05, 3.63) is 34.9 Å². The average molecular weight is 278 g/mol. The Balaban J connectivity index is 2.11. The molecular formula is C17H26O3. The Bertz CT molecular complexity index is 430. The fourth-order valence-electron chi connectivity index (χ4n) is 2.92. The summed E-state index contributed by atoms with van der Waals surface area (Å²) in [5.74, 6) is 0. The maximum atomic E-state index is 10.7. The third-order valence-corrected chi connectivity index (χ3v) is 4.38. The van der Waals surface area contributed by atoms with Crippen molar-refractivity contribution in [1.29, 1.82) is 0 Å². The molecule has 0 aromatic heterocycles. The number of hydrogen-bond donors (Lipinski definition) is 1. The second kappa shape index (κ2) is 6.70. The van der Waals surface area contributed by atoms with Crippen molar-refractivity contribution >= 4 is 0 Å². The van der Waals surface area contributed by atoms with Crippen molar-refractivity contribution in [2.45, 2.75) is 51.7 Å². The minimum atomic E-state index is -0.478. The monoisotopic (exact) mass is 278 g/mol. The first kappa shape index (κ1) is 15.5. The molecule has 1 aromatic rings. The van der Waals surface area contributed by atoms with E-state index in [4.69, 9.17) is 9.47 Å². The van der Waals surface area contributed by atoms with Gasteiger partial charge >= 0.3 is 0 Å². The van der Waals surface area contributed by atoms with Crippen LogP contribution in [-0.2, 0) is 15.9 Å². The highest BCUT2D eigenvalue weighted by Crippen LogP contribution is 2.31. The molecule has 1 aliphatic rings. The molecule has 1 atom stereocenters. The molecule has 0 bridgehead atoms. The number of aryl methyl sites for hydroxylation is 2. The smallest absolute Gasteiger partial charge is 0.0987 e. The molecule has 1 N–H and O–H groups in total. The van der Waals surface area contributed by atoms with E-state index in [9.17, 15) is 5.11 Å². The molecule has 0 spiro atoms. The van der Waals surface area contributed by atoms with Crippen molar-refractivity contribution in [2.24, 2.45) is 0 Å². The number of hydrogen-bond acceptors (Lipinski definition) is 3. The number of aliphatic hydroxyl groups is 1. The summed E-state index contributed by atoms with van der Waals surface area (Å²) in [6.07, 6.45) is 1.70. The summed E-state index contributed by atoms with van der Waals surface area (Å²) < 4.78 is 11.3. The molecule has 3 nitrogen and oxygen atoms in total. The summed E-state index contributed by atoms with van der Waals surface area (Å²) in [7, 11) is 0. The van der Waals surface area contributed by atoms with Crippen molar-refractivity contribution in [1.82, 2.24) is 0 Å². The van der Waals surface area contributed by atoms with Crippen LogP contribution in [0.5, 0.6) is 0 Å². The van der Waals surface area contributed by atoms with Crippen LogP contribution < -0.4 is 0 Å². The van der Waals surface area contributed by atoms with Crippen molar-refractivity contribution in [3.63, 3.8) is 0 Å². The molecule has 20 heavy (non-hydrogen) atoms. The Morgan fingerprint density at radius 2 is 1.95 bits per heavy atom. The van der Waals surface area contributed by atoms with E-state index in [1.54, 1.807) is 0 Å². The van der Waals surface area contributed by atoms with Gasteiger partial charge in [-0.1, -0.05) is 18.2 Å². The topological polar surface area (TPSA) is 38.7 Å². The summed E-state index contributed by atoms with van der Waals surface area (Å²) >= 11 is 0. The average Bonchev–Trinajstić information content (AvgIpc) is 2.44. The van der Waals surface area contributed by atoms with Crippen molar-refractivity contribution in [3.8, 4) is 0 Å². The number of aliphatic hydroxyl groups excluding tert-OH is 1. The quantitative estimate of drug-likeness (QED) is 0.900. The molecule has 1 fully saturated rings. The zero-order valence-corrected chi connectivity index (χ0v) is 12.8. The van der Waals surface area contributed by atoms with E-state index in [1.165, 1.54) is 16.7 Å². The Morgan fingerprint density at radius 1 is 1.25 bits per heavy atom. The predicted molar refractivity (Wildman–Crippen MR) is 80.0 cm³/mol. The van der Waals surface area contributed by atoms with Gasteiger partial charge in [0.2, 0.25) is 0 Å². The highest BCUT2D eigenvalue weighted by molar-refractivity contribution is 5.30. The van der Waals surface area contributed by atoms with E-state index in [2.05, 4.69) is 32.0 Å². The Labute approximate surface area is 121 Å². The van der Waals surface area contributed by atoms with Crippen molar-refractivity contribution < 1.29 is 14.6 Å². The molecule has 1 saturated heterocycles. The Hall–Kier alpha value is -0.900. The summed E-state index contributed by atoms with van der Waals surface area (Å²) in [5.41, 5.74) is 3.29. The van der Waals surface area contributed by atoms with Crippen LogP contribution >= 0.6 is 0 Å². The lowest BCUT2D eigenvalue weighted by Gasteiger charge is -2.40. The summed E-state index contributed by atoms with van der Waals surface area (Å²) in [6, 6.07) is 6.39. The number of benzene rings is 1. The molecule has 0 aliphatic carbocycles. The highest BCUT2D eigenvalue weighted by atomic mass is 16.5. The standard InChI is InChI=1S/C17H26O3/c1-4-20-17(7-9-19-10-8-17)16(18)12-15-6-5-13(2)14(3)11-15/h5-6,11,16,18H,4,7-10,12H2,1-3H3. The van der Waals surface area contributed by atoms with Gasteiger partial charge < -0.3 is 14.6 Å². The van der Waals surface area contributed by atoms with Crippen LogP contribution in [0.2, 0.25) is 0 Å². The Kier molecular flexibility index (Phi) is 5.19. The molecule has 1 aromatic carbocycles. The maximum absolute atomic E-state index is 10.7. The van der Waals surface area contributed by atoms with Crippen LogP contribution in [0.25, 0.3) is 0 Å². The molecule has 0 amide bonds. The molecule has 1 unspecified atom stereocenters. The molecule has 3 heteroatoms. The molecule has 0 radical (unpaired) electrons. The van der Waals surface area contributed by atoms with Crippen LogP contribution in [0.1, 0.15) is 36.5 Å². The number of rotatable bonds is 5. The number of ether oxygens (including phenoxy) is 2. The zero-order valence-electron chi connectivity index (χ0n) is 12.8. The van der Waals surface area contributed by atoms with E-state index in [0.717, 1.165) is 12.8 Å². The first-order chi connectivity index (χ1) is 9.57. The van der Waals surface area contributed by atoms with Gasteiger partial charge in [0.1, 0.15) is 0 Å². The summed E-state index contributed by atoms with van der Waals surface area (Å²) in [4.78, 5) is 0. The van der Waals surface area contributed by atoms with Crippen LogP contribution in [0.3, 0.4) is 0 Å². The lowest BCUT2D eigenvalue weighted by Crippen LogP contribution is -2.50. The third-order valence-electron chi connectivity index (χ3n) is 4.38. The first-order valence-electron chi connectivity index (χ1n) is 7.53. The van der Waals surface area contributed by atoms with E-state index in [1.807, 2.05) is 6.92 Å². The molecule has 1 aliphatic heterocycles. The molecule has 2 rings (SSSR count). The van der Waals surface area contributed by atoms with E-state index in [0.29, 0.717) is 26.2 Å². The fourth-order valence-corrected chi connectivity index (χ4v) is 2.92. The zero-order chi connectivity index (χ0) is 14.6. The summed E-state index contributed by atoms with van der Waals surface area (Å²) in [5, 5.41) is 10.7. The SMILES string of the molecule is CCOC1(C(O)Cc2ccc(C)c(C)c2)CCOCC1. The second-order valence-corrected chi connectivity index (χ2v) is 5.75. The minimum absolute atomic E-state index is 0.439. The predicted octanol–water partition coefficient (Wildman–Crippen LogP) is 2.79. The Morgan fingerprint density at radius 3 is 2.55 bits per heavy atom. The van der Waals surface area contributed by atoms with Gasteiger partial charge in [-0.15, -0.1) is 0 Å². The normalized spacial score (nSPS) is 19.8. The van der Waals surface area contributed by atoms with Gasteiger partial charge in [-0.05, 0) is 37.5 Å². The van der Waals surface area contributed by atoms with E-state index in [-0.39, 0.29) is 0 Å². The van der Waals surface area contributed by atoms with Gasteiger partial charge in [0, 0.05) is 39.1 Å². The lowest BCUT2D eigenvalue weighted by atomic mass is 9.84. The molecule has 1 heterocycles. The first-order valence-corrected chi connectivity index (χ1v) is 7.53. The maximum Gasteiger partial charge on any atom is 0.0987 e.